The summed E-state index contributed by atoms with van der Waals surface area (Å²) in [6.07, 6.45) is 4.87. The topological polar surface area (TPSA) is 24.9 Å². The molecule has 1 aliphatic rings. The van der Waals surface area contributed by atoms with Crippen LogP contribution in [0, 0.1) is 13.8 Å². The molecule has 1 heterocycles. The van der Waals surface area contributed by atoms with E-state index < -0.39 is 0 Å². The number of rotatable bonds is 1. The van der Waals surface area contributed by atoms with Crippen LogP contribution in [0.2, 0.25) is 0 Å². The Balaban J connectivity index is 2.40. The third kappa shape index (κ3) is 1.67. The maximum atomic E-state index is 4.91. The Morgan fingerprint density at radius 2 is 1.89 bits per heavy atom. The van der Waals surface area contributed by atoms with Gasteiger partial charge in [-0.15, -0.1) is 0 Å². The number of hydrogen-bond donors (Lipinski definition) is 1. The van der Waals surface area contributed by atoms with Crippen LogP contribution in [-0.4, -0.2) is 12.0 Å². The quantitative estimate of drug-likeness (QED) is 0.820. The van der Waals surface area contributed by atoms with Gasteiger partial charge in [0.15, 0.2) is 0 Å². The van der Waals surface area contributed by atoms with Crippen molar-refractivity contribution in [1.82, 2.24) is 4.98 Å². The van der Waals surface area contributed by atoms with Crippen LogP contribution >= 0.6 is 0 Å². The number of pyridine rings is 1. The van der Waals surface area contributed by atoms with Gasteiger partial charge in [0.2, 0.25) is 0 Å². The highest BCUT2D eigenvalue weighted by Gasteiger charge is 2.18. The van der Waals surface area contributed by atoms with E-state index >= 15 is 0 Å². The third-order valence-corrected chi connectivity index (χ3v) is 3.95. The monoisotopic (exact) mass is 240 g/mol. The fourth-order valence-electron chi connectivity index (χ4n) is 3.21. The number of nitrogens with zero attached hydrogens (tertiary/aromatic N) is 1. The van der Waals surface area contributed by atoms with E-state index in [4.69, 9.17) is 4.98 Å². The highest BCUT2D eigenvalue weighted by Crippen LogP contribution is 2.35. The highest BCUT2D eigenvalue weighted by molar-refractivity contribution is 5.96. The first-order valence-electron chi connectivity index (χ1n) is 6.81. The Bertz CT molecular complexity index is 614. The van der Waals surface area contributed by atoms with E-state index in [1.807, 2.05) is 7.05 Å². The Kier molecular flexibility index (Phi) is 2.73. The summed E-state index contributed by atoms with van der Waals surface area (Å²) in [5.74, 6) is 0. The lowest BCUT2D eigenvalue weighted by Gasteiger charge is -2.21. The summed E-state index contributed by atoms with van der Waals surface area (Å²) < 4.78 is 0. The summed E-state index contributed by atoms with van der Waals surface area (Å²) in [5, 5.41) is 4.73. The van der Waals surface area contributed by atoms with Crippen molar-refractivity contribution in [3.63, 3.8) is 0 Å². The van der Waals surface area contributed by atoms with Crippen molar-refractivity contribution in [2.45, 2.75) is 39.5 Å². The molecule has 94 valence electrons. The number of benzene rings is 1. The Hall–Kier alpha value is -1.57. The van der Waals surface area contributed by atoms with Crippen molar-refractivity contribution in [2.24, 2.45) is 0 Å². The first kappa shape index (κ1) is 11.5. The molecule has 2 heteroatoms. The zero-order chi connectivity index (χ0) is 12.7. The molecule has 0 unspecified atom stereocenters. The van der Waals surface area contributed by atoms with Gasteiger partial charge in [0.1, 0.15) is 0 Å². The summed E-state index contributed by atoms with van der Waals surface area (Å²) >= 11 is 0. The van der Waals surface area contributed by atoms with Crippen LogP contribution in [0.15, 0.2) is 12.1 Å². The van der Waals surface area contributed by atoms with Crippen LogP contribution in [0.25, 0.3) is 10.9 Å². The lowest BCUT2D eigenvalue weighted by atomic mass is 9.91. The molecule has 3 rings (SSSR count). The summed E-state index contributed by atoms with van der Waals surface area (Å²) in [6.45, 7) is 4.33. The second kappa shape index (κ2) is 4.27. The maximum Gasteiger partial charge on any atom is 0.0731 e. The average molecular weight is 240 g/mol. The molecular formula is C16H20N2. The molecule has 0 bridgehead atoms. The molecule has 1 aromatic heterocycles. The Labute approximate surface area is 108 Å². The summed E-state index contributed by atoms with van der Waals surface area (Å²) in [6, 6.07) is 4.46. The van der Waals surface area contributed by atoms with Crippen molar-refractivity contribution in [2.75, 3.05) is 12.4 Å². The predicted molar refractivity (Wildman–Crippen MR) is 77.4 cm³/mol. The first-order chi connectivity index (χ1) is 8.70. The SMILES string of the molecule is CNc1c2c(nc3cc(C)cc(C)c13)CCCC2. The third-order valence-electron chi connectivity index (χ3n) is 3.95. The van der Waals surface area contributed by atoms with Crippen molar-refractivity contribution < 1.29 is 0 Å². The van der Waals surface area contributed by atoms with Gasteiger partial charge in [-0.1, -0.05) is 6.07 Å². The normalized spacial score (nSPS) is 14.6. The van der Waals surface area contributed by atoms with Crippen LogP contribution in [0.3, 0.4) is 0 Å². The standard InChI is InChI=1S/C16H20N2/c1-10-8-11(2)15-14(9-10)18-13-7-5-4-6-12(13)16(15)17-3/h8-9H,4-7H2,1-3H3,(H,17,18). The van der Waals surface area contributed by atoms with Gasteiger partial charge in [-0.05, 0) is 62.3 Å². The number of nitrogens with one attached hydrogen (secondary N) is 1. The molecule has 0 saturated carbocycles. The van der Waals surface area contributed by atoms with Crippen LogP contribution < -0.4 is 5.32 Å². The summed E-state index contributed by atoms with van der Waals surface area (Å²) in [7, 11) is 2.03. The first-order valence-corrected chi connectivity index (χ1v) is 6.81. The van der Waals surface area contributed by atoms with E-state index in [9.17, 15) is 0 Å². The predicted octanol–water partition coefficient (Wildman–Crippen LogP) is 3.77. The molecule has 18 heavy (non-hydrogen) atoms. The van der Waals surface area contributed by atoms with Crippen molar-refractivity contribution in [3.8, 4) is 0 Å². The molecule has 0 atom stereocenters. The van der Waals surface area contributed by atoms with Crippen LogP contribution in [0.5, 0.6) is 0 Å². The molecule has 1 N–H and O–H groups in total. The number of hydrogen-bond acceptors (Lipinski definition) is 2. The smallest absolute Gasteiger partial charge is 0.0731 e. The minimum atomic E-state index is 1.13. The molecule has 2 aromatic rings. The minimum Gasteiger partial charge on any atom is -0.387 e. The van der Waals surface area contributed by atoms with E-state index in [0.29, 0.717) is 0 Å². The van der Waals surface area contributed by atoms with Gasteiger partial charge in [-0.2, -0.15) is 0 Å². The molecule has 2 nitrogen and oxygen atoms in total. The lowest BCUT2D eigenvalue weighted by molar-refractivity contribution is 0.672. The zero-order valence-electron chi connectivity index (χ0n) is 11.4. The molecule has 0 saturated heterocycles. The van der Waals surface area contributed by atoms with E-state index in [1.54, 1.807) is 0 Å². The van der Waals surface area contributed by atoms with Crippen LogP contribution in [0.4, 0.5) is 5.69 Å². The second-order valence-corrected chi connectivity index (χ2v) is 5.35. The van der Waals surface area contributed by atoms with Crippen molar-refractivity contribution in [3.05, 3.63) is 34.5 Å². The molecule has 0 amide bonds. The minimum absolute atomic E-state index is 1.13. The van der Waals surface area contributed by atoms with Gasteiger partial charge >= 0.3 is 0 Å². The van der Waals surface area contributed by atoms with E-state index in [1.165, 1.54) is 52.7 Å². The van der Waals surface area contributed by atoms with Crippen LogP contribution in [-0.2, 0) is 12.8 Å². The molecule has 0 radical (unpaired) electrons. The zero-order valence-corrected chi connectivity index (χ0v) is 11.4. The Morgan fingerprint density at radius 1 is 1.11 bits per heavy atom. The molecule has 1 aliphatic carbocycles. The maximum absolute atomic E-state index is 4.91. The second-order valence-electron chi connectivity index (χ2n) is 5.35. The van der Waals surface area contributed by atoms with E-state index in [0.717, 1.165) is 11.9 Å². The number of aromatic nitrogens is 1. The van der Waals surface area contributed by atoms with Gasteiger partial charge in [-0.25, -0.2) is 0 Å². The lowest BCUT2D eigenvalue weighted by Crippen LogP contribution is -2.10. The highest BCUT2D eigenvalue weighted by atomic mass is 14.9. The van der Waals surface area contributed by atoms with Crippen LogP contribution in [0.1, 0.15) is 35.2 Å². The van der Waals surface area contributed by atoms with E-state index in [2.05, 4.69) is 31.3 Å². The Morgan fingerprint density at radius 3 is 2.67 bits per heavy atom. The summed E-state index contributed by atoms with van der Waals surface area (Å²) in [5.41, 5.74) is 7.84. The largest absolute Gasteiger partial charge is 0.387 e. The van der Waals surface area contributed by atoms with E-state index in [-0.39, 0.29) is 0 Å². The van der Waals surface area contributed by atoms with Gasteiger partial charge < -0.3 is 5.32 Å². The van der Waals surface area contributed by atoms with Gasteiger partial charge in [0.05, 0.1) is 5.52 Å². The molecule has 0 aliphatic heterocycles. The molecule has 0 spiro atoms. The molecular weight excluding hydrogens is 220 g/mol. The molecule has 1 aromatic carbocycles. The summed E-state index contributed by atoms with van der Waals surface area (Å²) in [4.78, 5) is 4.91. The fraction of sp³-hybridized carbons (Fsp3) is 0.438. The fourth-order valence-corrected chi connectivity index (χ4v) is 3.21. The number of fused-ring (bicyclic) bond motifs is 2. The van der Waals surface area contributed by atoms with Gasteiger partial charge in [0, 0.05) is 23.8 Å². The van der Waals surface area contributed by atoms with Gasteiger partial charge in [-0.3, -0.25) is 4.98 Å². The number of anilines is 1. The van der Waals surface area contributed by atoms with Crippen molar-refractivity contribution >= 4 is 16.6 Å². The average Bonchev–Trinajstić information content (AvgIpc) is 2.35. The van der Waals surface area contributed by atoms with Gasteiger partial charge in [0.25, 0.3) is 0 Å². The molecule has 0 fully saturated rings. The number of aryl methyl sites for hydroxylation is 3. The van der Waals surface area contributed by atoms with Crippen molar-refractivity contribution in [1.29, 1.82) is 0 Å².